The van der Waals surface area contributed by atoms with Gasteiger partial charge in [-0.05, 0) is 42.4 Å². The summed E-state index contributed by atoms with van der Waals surface area (Å²) in [5, 5.41) is 2.90. The molecule has 2 aliphatic heterocycles. The Labute approximate surface area is 165 Å². The Hall–Kier alpha value is -2.62. The summed E-state index contributed by atoms with van der Waals surface area (Å²) >= 11 is 0. The highest BCUT2D eigenvalue weighted by Crippen LogP contribution is 2.50. The predicted molar refractivity (Wildman–Crippen MR) is 108 cm³/mol. The van der Waals surface area contributed by atoms with Crippen LogP contribution in [0, 0.1) is 0 Å². The fourth-order valence-electron chi connectivity index (χ4n) is 4.94. The lowest BCUT2D eigenvalue weighted by Crippen LogP contribution is -2.37. The van der Waals surface area contributed by atoms with Gasteiger partial charge >= 0.3 is 0 Å². The molecular weight excluding hydrogens is 348 g/mol. The maximum atomic E-state index is 13.4. The number of amides is 2. The Morgan fingerprint density at radius 1 is 0.964 bits per heavy atom. The van der Waals surface area contributed by atoms with Gasteiger partial charge in [-0.15, -0.1) is 0 Å². The van der Waals surface area contributed by atoms with Gasteiger partial charge in [0, 0.05) is 25.6 Å². The van der Waals surface area contributed by atoms with E-state index in [4.69, 9.17) is 0 Å². The van der Waals surface area contributed by atoms with Crippen molar-refractivity contribution in [2.75, 3.05) is 19.6 Å². The molecule has 1 saturated carbocycles. The second kappa shape index (κ2) is 6.77. The number of nitrogens with zero attached hydrogens (tertiary/aromatic N) is 1. The van der Waals surface area contributed by atoms with Crippen LogP contribution in [0.5, 0.6) is 0 Å². The van der Waals surface area contributed by atoms with Crippen molar-refractivity contribution in [2.24, 2.45) is 0 Å². The molecule has 144 valence electrons. The average molecular weight is 374 g/mol. The van der Waals surface area contributed by atoms with Gasteiger partial charge in [-0.25, -0.2) is 0 Å². The molecule has 0 spiro atoms. The van der Waals surface area contributed by atoms with Crippen molar-refractivity contribution in [3.8, 4) is 0 Å². The van der Waals surface area contributed by atoms with E-state index in [0.29, 0.717) is 5.92 Å². The van der Waals surface area contributed by atoms with E-state index in [1.165, 1.54) is 5.56 Å². The van der Waals surface area contributed by atoms with Gasteiger partial charge in [0.1, 0.15) is 0 Å². The third kappa shape index (κ3) is 2.92. The predicted octanol–water partition coefficient (Wildman–Crippen LogP) is 3.34. The number of benzene rings is 2. The van der Waals surface area contributed by atoms with E-state index in [0.717, 1.165) is 56.4 Å². The molecule has 28 heavy (non-hydrogen) atoms. The van der Waals surface area contributed by atoms with Crippen molar-refractivity contribution >= 4 is 11.8 Å². The van der Waals surface area contributed by atoms with Gasteiger partial charge in [0.25, 0.3) is 0 Å². The van der Waals surface area contributed by atoms with Gasteiger partial charge in [-0.1, -0.05) is 54.6 Å². The standard InChI is InChI=1S/C24H26N2O2/c27-22-21(10-14-25-22)18-6-8-20(9-7-18)24(12-13-24)23(28)26-15-11-19(16-26)17-4-2-1-3-5-17/h1-9,19,21H,10-16H2,(H,25,27). The summed E-state index contributed by atoms with van der Waals surface area (Å²) in [5.74, 6) is 0.820. The molecular formula is C24H26N2O2. The van der Waals surface area contributed by atoms with Crippen molar-refractivity contribution in [1.29, 1.82) is 0 Å². The van der Waals surface area contributed by atoms with Crippen LogP contribution in [-0.2, 0) is 15.0 Å². The van der Waals surface area contributed by atoms with E-state index in [9.17, 15) is 9.59 Å². The second-order valence-corrected chi connectivity index (χ2v) is 8.48. The van der Waals surface area contributed by atoms with Crippen LogP contribution in [0.25, 0.3) is 0 Å². The molecule has 4 nitrogen and oxygen atoms in total. The Bertz CT molecular complexity index is 887. The smallest absolute Gasteiger partial charge is 0.233 e. The van der Waals surface area contributed by atoms with Crippen molar-refractivity contribution in [2.45, 2.75) is 42.9 Å². The summed E-state index contributed by atoms with van der Waals surface area (Å²) in [7, 11) is 0. The SMILES string of the molecule is O=C1NCCC1c1ccc(C2(C(=O)N3CCC(c4ccccc4)C3)CC2)cc1. The van der Waals surface area contributed by atoms with E-state index in [1.807, 2.05) is 6.07 Å². The van der Waals surface area contributed by atoms with Gasteiger partial charge in [-0.3, -0.25) is 9.59 Å². The highest BCUT2D eigenvalue weighted by atomic mass is 16.2. The van der Waals surface area contributed by atoms with Crippen LogP contribution in [0.15, 0.2) is 54.6 Å². The first-order valence-corrected chi connectivity index (χ1v) is 10.4. The minimum atomic E-state index is -0.331. The maximum Gasteiger partial charge on any atom is 0.233 e. The number of nitrogens with one attached hydrogen (secondary N) is 1. The Balaban J connectivity index is 1.31. The van der Waals surface area contributed by atoms with Crippen LogP contribution in [0.4, 0.5) is 0 Å². The molecule has 0 radical (unpaired) electrons. The fraction of sp³-hybridized carbons (Fsp3) is 0.417. The molecule has 0 bridgehead atoms. The lowest BCUT2D eigenvalue weighted by molar-refractivity contribution is -0.133. The molecule has 2 atom stereocenters. The molecule has 3 fully saturated rings. The molecule has 2 saturated heterocycles. The zero-order valence-electron chi connectivity index (χ0n) is 16.1. The largest absolute Gasteiger partial charge is 0.356 e. The van der Waals surface area contributed by atoms with Crippen molar-refractivity contribution < 1.29 is 9.59 Å². The van der Waals surface area contributed by atoms with Gasteiger partial charge in [-0.2, -0.15) is 0 Å². The normalized spacial score (nSPS) is 25.6. The van der Waals surface area contributed by atoms with Crippen molar-refractivity contribution in [3.63, 3.8) is 0 Å². The van der Waals surface area contributed by atoms with Gasteiger partial charge in [0.2, 0.25) is 11.8 Å². The molecule has 2 heterocycles. The van der Waals surface area contributed by atoms with Crippen LogP contribution >= 0.6 is 0 Å². The lowest BCUT2D eigenvalue weighted by atomic mass is 9.90. The molecule has 2 amide bonds. The third-order valence-corrected chi connectivity index (χ3v) is 6.82. The van der Waals surface area contributed by atoms with E-state index in [1.54, 1.807) is 0 Å². The first kappa shape index (κ1) is 17.5. The third-order valence-electron chi connectivity index (χ3n) is 6.82. The van der Waals surface area contributed by atoms with E-state index >= 15 is 0 Å². The van der Waals surface area contributed by atoms with Crippen molar-refractivity contribution in [1.82, 2.24) is 10.2 Å². The van der Waals surface area contributed by atoms with Crippen LogP contribution in [-0.4, -0.2) is 36.3 Å². The summed E-state index contributed by atoms with van der Waals surface area (Å²) < 4.78 is 0. The first-order valence-electron chi connectivity index (χ1n) is 10.4. The number of hydrogen-bond donors (Lipinski definition) is 1. The quantitative estimate of drug-likeness (QED) is 0.892. The van der Waals surface area contributed by atoms with Gasteiger partial charge in [0.05, 0.1) is 11.3 Å². The number of carbonyl (C=O) groups excluding carboxylic acids is 2. The number of carbonyl (C=O) groups is 2. The van der Waals surface area contributed by atoms with Crippen LogP contribution in [0.1, 0.15) is 54.2 Å². The van der Waals surface area contributed by atoms with E-state index in [2.05, 4.69) is 58.7 Å². The first-order chi connectivity index (χ1) is 13.7. The Morgan fingerprint density at radius 3 is 2.36 bits per heavy atom. The van der Waals surface area contributed by atoms with E-state index < -0.39 is 0 Å². The zero-order valence-corrected chi connectivity index (χ0v) is 16.1. The van der Waals surface area contributed by atoms with Gasteiger partial charge in [0.15, 0.2) is 0 Å². The highest BCUT2D eigenvalue weighted by molar-refractivity contribution is 5.92. The minimum absolute atomic E-state index is 0.0369. The second-order valence-electron chi connectivity index (χ2n) is 8.48. The molecule has 2 unspecified atom stereocenters. The van der Waals surface area contributed by atoms with Crippen LogP contribution < -0.4 is 5.32 Å². The van der Waals surface area contributed by atoms with E-state index in [-0.39, 0.29) is 23.1 Å². The highest BCUT2D eigenvalue weighted by Gasteiger charge is 2.53. The number of likely N-dealkylation sites (tertiary alicyclic amines) is 1. The van der Waals surface area contributed by atoms with Crippen LogP contribution in [0.2, 0.25) is 0 Å². The Morgan fingerprint density at radius 2 is 1.71 bits per heavy atom. The molecule has 0 aromatic heterocycles. The molecule has 2 aromatic rings. The van der Waals surface area contributed by atoms with Gasteiger partial charge < -0.3 is 10.2 Å². The Kier molecular flexibility index (Phi) is 4.22. The summed E-state index contributed by atoms with van der Waals surface area (Å²) in [4.78, 5) is 27.4. The maximum absolute atomic E-state index is 13.4. The van der Waals surface area contributed by atoms with Crippen molar-refractivity contribution in [3.05, 3.63) is 71.3 Å². The molecule has 2 aromatic carbocycles. The molecule has 1 aliphatic carbocycles. The number of rotatable bonds is 4. The molecule has 5 rings (SSSR count). The summed E-state index contributed by atoms with van der Waals surface area (Å²) in [5.41, 5.74) is 3.18. The van der Waals surface area contributed by atoms with Crippen LogP contribution in [0.3, 0.4) is 0 Å². The summed E-state index contributed by atoms with van der Waals surface area (Å²) in [6, 6.07) is 18.8. The summed E-state index contributed by atoms with van der Waals surface area (Å²) in [6.07, 6.45) is 3.77. The minimum Gasteiger partial charge on any atom is -0.356 e. The average Bonchev–Trinajstić information content (AvgIpc) is 3.19. The fourth-order valence-corrected chi connectivity index (χ4v) is 4.94. The molecule has 4 heteroatoms. The topological polar surface area (TPSA) is 49.4 Å². The zero-order chi connectivity index (χ0) is 19.1. The lowest BCUT2D eigenvalue weighted by Gasteiger charge is -2.24. The monoisotopic (exact) mass is 374 g/mol. The molecule has 3 aliphatic rings. The summed E-state index contributed by atoms with van der Waals surface area (Å²) in [6.45, 7) is 2.43. The number of hydrogen-bond acceptors (Lipinski definition) is 2. The molecule has 1 N–H and O–H groups in total.